The van der Waals surface area contributed by atoms with Crippen LogP contribution in [0.2, 0.25) is 0 Å². The zero-order chi connectivity index (χ0) is 20.0. The number of nitrogens with one attached hydrogen (secondary N) is 1. The van der Waals surface area contributed by atoms with Crippen LogP contribution in [0.1, 0.15) is 26.4 Å². The number of para-hydroxylation sites is 1. The zero-order valence-electron chi connectivity index (χ0n) is 15.3. The molecule has 6 nitrogen and oxygen atoms in total. The maximum Gasteiger partial charge on any atom is 0.258 e. The third-order valence-electron chi connectivity index (χ3n) is 5.02. The minimum Gasteiger partial charge on any atom is -0.475 e. The predicted molar refractivity (Wildman–Crippen MR) is 106 cm³/mol. The Labute approximate surface area is 165 Å². The van der Waals surface area contributed by atoms with Crippen LogP contribution in [0.4, 0.5) is 4.39 Å². The lowest BCUT2D eigenvalue weighted by Crippen LogP contribution is -2.30. The highest BCUT2D eigenvalue weighted by Gasteiger charge is 2.31. The van der Waals surface area contributed by atoms with Gasteiger partial charge in [-0.25, -0.2) is 9.38 Å². The van der Waals surface area contributed by atoms with E-state index in [1.807, 2.05) is 24.3 Å². The quantitative estimate of drug-likeness (QED) is 0.730. The molecule has 2 aromatic carbocycles. The molecule has 144 valence electrons. The SMILES string of the molecule is O=C1CN(C(=O)c2ccc(F)cc2)C=C(C2=NCCO2)c2[nH]c3ccccc3c21. The van der Waals surface area contributed by atoms with Crippen LogP contribution in [0.3, 0.4) is 0 Å². The Bertz CT molecular complexity index is 1210. The first-order valence-electron chi connectivity index (χ1n) is 9.22. The minimum absolute atomic E-state index is 0.137. The number of ketones is 1. The van der Waals surface area contributed by atoms with Crippen LogP contribution in [0.15, 0.2) is 59.7 Å². The lowest BCUT2D eigenvalue weighted by atomic mass is 10.0. The molecule has 3 heterocycles. The van der Waals surface area contributed by atoms with Gasteiger partial charge in [0.05, 0.1) is 29.9 Å². The van der Waals surface area contributed by atoms with Gasteiger partial charge in [-0.1, -0.05) is 18.2 Å². The number of benzene rings is 2. The molecule has 0 spiro atoms. The molecule has 0 bridgehead atoms. The maximum absolute atomic E-state index is 13.2. The van der Waals surface area contributed by atoms with E-state index in [-0.39, 0.29) is 12.3 Å². The fourth-order valence-electron chi connectivity index (χ4n) is 3.68. The Morgan fingerprint density at radius 1 is 1.14 bits per heavy atom. The predicted octanol–water partition coefficient (Wildman–Crippen LogP) is 3.42. The molecule has 2 aliphatic rings. The number of H-pyrrole nitrogens is 1. The second-order valence-corrected chi connectivity index (χ2v) is 6.86. The normalized spacial score (nSPS) is 16.2. The fourth-order valence-corrected chi connectivity index (χ4v) is 3.68. The first-order chi connectivity index (χ1) is 14.1. The Morgan fingerprint density at radius 2 is 1.93 bits per heavy atom. The number of halogens is 1. The van der Waals surface area contributed by atoms with Gasteiger partial charge in [0.2, 0.25) is 5.90 Å². The molecule has 1 N–H and O–H groups in total. The second kappa shape index (κ2) is 6.70. The van der Waals surface area contributed by atoms with Crippen molar-refractivity contribution < 1.29 is 18.7 Å². The fraction of sp³-hybridized carbons (Fsp3) is 0.136. The Balaban J connectivity index is 1.66. The Morgan fingerprint density at radius 3 is 2.69 bits per heavy atom. The number of carbonyl (C=O) groups excluding carboxylic acids is 2. The van der Waals surface area contributed by atoms with Gasteiger partial charge < -0.3 is 14.6 Å². The third-order valence-corrected chi connectivity index (χ3v) is 5.02. The van der Waals surface area contributed by atoms with Gasteiger partial charge in [-0.15, -0.1) is 0 Å². The molecule has 0 unspecified atom stereocenters. The molecule has 2 aliphatic heterocycles. The van der Waals surface area contributed by atoms with Crippen LogP contribution in [0.5, 0.6) is 0 Å². The lowest BCUT2D eigenvalue weighted by Gasteiger charge is -2.17. The smallest absolute Gasteiger partial charge is 0.258 e. The molecule has 3 aromatic rings. The van der Waals surface area contributed by atoms with Gasteiger partial charge in [-0.3, -0.25) is 9.59 Å². The van der Waals surface area contributed by atoms with Crippen LogP contribution < -0.4 is 0 Å². The molecule has 7 heteroatoms. The average Bonchev–Trinajstić information content (AvgIpc) is 3.36. The van der Waals surface area contributed by atoms with Gasteiger partial charge in [-0.05, 0) is 30.3 Å². The van der Waals surface area contributed by atoms with Gasteiger partial charge in [0.15, 0.2) is 5.78 Å². The zero-order valence-corrected chi connectivity index (χ0v) is 15.3. The summed E-state index contributed by atoms with van der Waals surface area (Å²) in [5, 5.41) is 0.785. The highest BCUT2D eigenvalue weighted by molar-refractivity contribution is 6.26. The molecule has 0 atom stereocenters. The van der Waals surface area contributed by atoms with Crippen molar-refractivity contribution in [3.63, 3.8) is 0 Å². The molecule has 0 aliphatic carbocycles. The molecule has 0 saturated carbocycles. The number of amides is 1. The van der Waals surface area contributed by atoms with E-state index in [2.05, 4.69) is 9.98 Å². The number of aliphatic imine (C=N–C) groups is 1. The molecule has 1 amide bonds. The van der Waals surface area contributed by atoms with E-state index in [1.54, 1.807) is 6.20 Å². The van der Waals surface area contributed by atoms with Crippen LogP contribution in [0.25, 0.3) is 16.5 Å². The topological polar surface area (TPSA) is 74.8 Å². The first-order valence-corrected chi connectivity index (χ1v) is 9.22. The number of aromatic nitrogens is 1. The summed E-state index contributed by atoms with van der Waals surface area (Å²) in [7, 11) is 0. The number of Topliss-reactive ketones (excluding diaryl/α,β-unsaturated/α-hetero) is 1. The van der Waals surface area contributed by atoms with Crippen LogP contribution in [-0.4, -0.2) is 47.2 Å². The first kappa shape index (κ1) is 17.4. The highest BCUT2D eigenvalue weighted by Crippen LogP contribution is 2.32. The van der Waals surface area contributed by atoms with Crippen molar-refractivity contribution in [2.24, 2.45) is 4.99 Å². The molecular formula is C22H16FN3O3. The van der Waals surface area contributed by atoms with Crippen molar-refractivity contribution >= 4 is 34.1 Å². The van der Waals surface area contributed by atoms with Gasteiger partial charge in [0.1, 0.15) is 12.4 Å². The summed E-state index contributed by atoms with van der Waals surface area (Å²) in [6, 6.07) is 12.8. The maximum atomic E-state index is 13.2. The monoisotopic (exact) mass is 389 g/mol. The molecular weight excluding hydrogens is 373 g/mol. The van der Waals surface area contributed by atoms with Crippen molar-refractivity contribution in [3.8, 4) is 0 Å². The number of aromatic amines is 1. The van der Waals surface area contributed by atoms with Crippen LogP contribution >= 0.6 is 0 Å². The van der Waals surface area contributed by atoms with E-state index < -0.39 is 11.7 Å². The van der Waals surface area contributed by atoms with Gasteiger partial charge in [-0.2, -0.15) is 0 Å². The van der Waals surface area contributed by atoms with Crippen molar-refractivity contribution in [1.82, 2.24) is 9.88 Å². The van der Waals surface area contributed by atoms with Gasteiger partial charge in [0.25, 0.3) is 5.91 Å². The summed E-state index contributed by atoms with van der Waals surface area (Å²) < 4.78 is 18.9. The van der Waals surface area contributed by atoms with Crippen LogP contribution in [0, 0.1) is 5.82 Å². The van der Waals surface area contributed by atoms with Crippen molar-refractivity contribution in [2.45, 2.75) is 0 Å². The van der Waals surface area contributed by atoms with E-state index in [0.717, 1.165) is 10.9 Å². The standard InChI is InChI=1S/C22H16FN3O3/c23-14-7-5-13(6-8-14)22(28)26-11-16(21-24-9-10-29-21)20-19(18(27)12-26)15-3-1-2-4-17(15)25-20/h1-8,11,25H,9-10,12H2. The molecule has 29 heavy (non-hydrogen) atoms. The number of nitrogens with zero attached hydrogens (tertiary/aromatic N) is 2. The average molecular weight is 389 g/mol. The Hall–Kier alpha value is -3.74. The van der Waals surface area contributed by atoms with E-state index in [4.69, 9.17) is 4.74 Å². The molecule has 1 aromatic heterocycles. The number of hydrogen-bond donors (Lipinski definition) is 1. The van der Waals surface area contributed by atoms with Crippen molar-refractivity contribution in [3.05, 3.63) is 77.4 Å². The van der Waals surface area contributed by atoms with Gasteiger partial charge in [0, 0.05) is 22.7 Å². The number of fused-ring (bicyclic) bond motifs is 3. The lowest BCUT2D eigenvalue weighted by molar-refractivity contribution is 0.0776. The summed E-state index contributed by atoms with van der Waals surface area (Å²) in [4.78, 5) is 35.2. The number of rotatable bonds is 2. The largest absolute Gasteiger partial charge is 0.475 e. The third kappa shape index (κ3) is 2.91. The second-order valence-electron chi connectivity index (χ2n) is 6.86. The van der Waals surface area contributed by atoms with Crippen molar-refractivity contribution in [1.29, 1.82) is 0 Å². The number of carbonyl (C=O) groups is 2. The highest BCUT2D eigenvalue weighted by atomic mass is 19.1. The van der Waals surface area contributed by atoms with Crippen molar-refractivity contribution in [2.75, 3.05) is 19.7 Å². The number of ether oxygens (including phenoxy) is 1. The molecule has 5 rings (SSSR count). The van der Waals surface area contributed by atoms with Gasteiger partial charge >= 0.3 is 0 Å². The van der Waals surface area contributed by atoms with E-state index in [1.165, 1.54) is 29.2 Å². The summed E-state index contributed by atoms with van der Waals surface area (Å²) in [5.74, 6) is -0.633. The van der Waals surface area contributed by atoms with E-state index >= 15 is 0 Å². The summed E-state index contributed by atoms with van der Waals surface area (Å²) in [5.41, 5.74) is 2.77. The summed E-state index contributed by atoms with van der Waals surface area (Å²) >= 11 is 0. The minimum atomic E-state index is -0.431. The molecule has 0 fully saturated rings. The summed E-state index contributed by atoms with van der Waals surface area (Å²) in [6.45, 7) is 0.825. The molecule has 0 saturated heterocycles. The van der Waals surface area contributed by atoms with Crippen LogP contribution in [-0.2, 0) is 4.74 Å². The summed E-state index contributed by atoms with van der Waals surface area (Å²) in [6.07, 6.45) is 1.59. The molecule has 0 radical (unpaired) electrons. The number of hydrogen-bond acceptors (Lipinski definition) is 4. The Kier molecular flexibility index (Phi) is 4.01. The van der Waals surface area contributed by atoms with E-state index in [0.29, 0.717) is 41.4 Å². The van der Waals surface area contributed by atoms with E-state index in [9.17, 15) is 14.0 Å².